The highest BCUT2D eigenvalue weighted by molar-refractivity contribution is 5.73. The molecule has 0 radical (unpaired) electrons. The second-order valence-corrected chi connectivity index (χ2v) is 8.80. The smallest absolute Gasteiger partial charge is 0.262 e. The van der Waals surface area contributed by atoms with E-state index >= 15 is 0 Å². The molecule has 0 aliphatic carbocycles. The van der Waals surface area contributed by atoms with Crippen LogP contribution in [0.2, 0.25) is 0 Å². The van der Waals surface area contributed by atoms with Crippen molar-refractivity contribution in [3.8, 4) is 0 Å². The van der Waals surface area contributed by atoms with Crippen molar-refractivity contribution in [3.63, 3.8) is 0 Å². The van der Waals surface area contributed by atoms with Crippen LogP contribution in [0.4, 0.5) is 0 Å². The Bertz CT molecular complexity index is 1110. The van der Waals surface area contributed by atoms with Gasteiger partial charge in [0.15, 0.2) is 5.65 Å². The van der Waals surface area contributed by atoms with Crippen LogP contribution in [0.15, 0.2) is 17.1 Å². The molecule has 1 N–H and O–H groups in total. The SMILES string of the molecule is Cc1cc(CN2C[C@@H](C)[C@H](c3nc4c(cnn4C4CCOCC4)c(=O)[nH]3)C2)n(C)n1. The van der Waals surface area contributed by atoms with Crippen molar-refractivity contribution in [2.24, 2.45) is 13.0 Å². The molecule has 2 saturated heterocycles. The fourth-order valence-corrected chi connectivity index (χ4v) is 4.92. The molecular formula is C21H29N7O2. The van der Waals surface area contributed by atoms with Gasteiger partial charge in [-0.3, -0.25) is 14.4 Å². The van der Waals surface area contributed by atoms with Crippen molar-refractivity contribution < 1.29 is 4.74 Å². The highest BCUT2D eigenvalue weighted by atomic mass is 16.5. The summed E-state index contributed by atoms with van der Waals surface area (Å²) in [6, 6.07) is 2.38. The second kappa shape index (κ2) is 7.63. The van der Waals surface area contributed by atoms with Gasteiger partial charge >= 0.3 is 0 Å². The fraction of sp³-hybridized carbons (Fsp3) is 0.619. The molecule has 0 unspecified atom stereocenters. The van der Waals surface area contributed by atoms with Gasteiger partial charge in [-0.2, -0.15) is 10.2 Å². The number of hydrogen-bond acceptors (Lipinski definition) is 6. The maximum atomic E-state index is 12.8. The van der Waals surface area contributed by atoms with E-state index in [1.54, 1.807) is 6.20 Å². The number of ether oxygens (including phenoxy) is 1. The number of aryl methyl sites for hydroxylation is 2. The van der Waals surface area contributed by atoms with Crippen LogP contribution in [0.5, 0.6) is 0 Å². The zero-order valence-corrected chi connectivity index (χ0v) is 17.8. The molecule has 0 saturated carbocycles. The number of aromatic nitrogens is 6. The van der Waals surface area contributed by atoms with Gasteiger partial charge < -0.3 is 9.72 Å². The highest BCUT2D eigenvalue weighted by Gasteiger charge is 2.33. The Hall–Kier alpha value is -2.52. The summed E-state index contributed by atoms with van der Waals surface area (Å²) in [4.78, 5) is 23.2. The third-order valence-corrected chi connectivity index (χ3v) is 6.54. The minimum atomic E-state index is -0.0961. The lowest BCUT2D eigenvalue weighted by molar-refractivity contribution is 0.0673. The first-order chi connectivity index (χ1) is 14.5. The van der Waals surface area contributed by atoms with Gasteiger partial charge in [-0.1, -0.05) is 6.92 Å². The molecular weight excluding hydrogens is 382 g/mol. The third kappa shape index (κ3) is 3.45. The molecule has 0 amide bonds. The molecule has 9 nitrogen and oxygen atoms in total. The van der Waals surface area contributed by atoms with Crippen LogP contribution in [0.1, 0.15) is 48.9 Å². The molecule has 2 aliphatic rings. The van der Waals surface area contributed by atoms with Crippen LogP contribution in [0, 0.1) is 12.8 Å². The average molecular weight is 412 g/mol. The van der Waals surface area contributed by atoms with Crippen molar-refractivity contribution >= 4 is 11.0 Å². The van der Waals surface area contributed by atoms with E-state index in [1.807, 2.05) is 23.3 Å². The van der Waals surface area contributed by atoms with Crippen LogP contribution < -0.4 is 5.56 Å². The van der Waals surface area contributed by atoms with Crippen molar-refractivity contribution in [1.29, 1.82) is 0 Å². The number of nitrogens with one attached hydrogen (secondary N) is 1. The summed E-state index contributed by atoms with van der Waals surface area (Å²) in [6.45, 7) is 8.39. The molecule has 30 heavy (non-hydrogen) atoms. The number of H-pyrrole nitrogens is 1. The normalized spacial score (nSPS) is 23.6. The Morgan fingerprint density at radius 2 is 2.07 bits per heavy atom. The molecule has 5 rings (SSSR count). The molecule has 0 bridgehead atoms. The average Bonchev–Trinajstić information content (AvgIpc) is 3.40. The topological polar surface area (TPSA) is 93.9 Å². The molecule has 2 aliphatic heterocycles. The Kier molecular flexibility index (Phi) is 4.94. The summed E-state index contributed by atoms with van der Waals surface area (Å²) in [5.74, 6) is 1.37. The number of nitrogens with zero attached hydrogens (tertiary/aromatic N) is 6. The molecule has 3 aromatic heterocycles. The summed E-state index contributed by atoms with van der Waals surface area (Å²) in [5, 5.41) is 9.53. The van der Waals surface area contributed by atoms with Crippen LogP contribution in [-0.2, 0) is 18.3 Å². The standard InChI is InChI=1S/C21H29N7O2/c1-13-10-27(11-16-8-14(2)25-26(16)3)12-18(13)19-23-20-17(21(29)24-19)9-22-28(20)15-4-6-30-7-5-15/h8-9,13,15,18H,4-7,10-12H2,1-3H3,(H,23,24,29)/t13-,18-/m1/s1. The summed E-state index contributed by atoms with van der Waals surface area (Å²) in [6.07, 6.45) is 3.45. The predicted octanol–water partition coefficient (Wildman–Crippen LogP) is 1.75. The monoisotopic (exact) mass is 411 g/mol. The zero-order chi connectivity index (χ0) is 20.8. The van der Waals surface area contributed by atoms with Crippen molar-refractivity contribution in [2.45, 2.75) is 45.2 Å². The van der Waals surface area contributed by atoms with Crippen molar-refractivity contribution in [2.75, 3.05) is 26.3 Å². The molecule has 9 heteroatoms. The first-order valence-electron chi connectivity index (χ1n) is 10.8. The van der Waals surface area contributed by atoms with E-state index in [-0.39, 0.29) is 17.5 Å². The molecule has 2 atom stereocenters. The minimum absolute atomic E-state index is 0.0961. The van der Waals surface area contributed by atoms with E-state index < -0.39 is 0 Å². The zero-order valence-electron chi connectivity index (χ0n) is 17.8. The molecule has 5 heterocycles. The van der Waals surface area contributed by atoms with Crippen LogP contribution in [-0.4, -0.2) is 60.7 Å². The van der Waals surface area contributed by atoms with Gasteiger partial charge in [0.25, 0.3) is 5.56 Å². The van der Waals surface area contributed by atoms with E-state index in [0.717, 1.165) is 57.2 Å². The second-order valence-electron chi connectivity index (χ2n) is 8.80. The van der Waals surface area contributed by atoms with E-state index in [4.69, 9.17) is 9.72 Å². The van der Waals surface area contributed by atoms with Crippen molar-refractivity contribution in [3.05, 3.63) is 39.8 Å². The Balaban J connectivity index is 1.42. The van der Waals surface area contributed by atoms with Gasteiger partial charge in [-0.25, -0.2) is 9.67 Å². The van der Waals surface area contributed by atoms with Gasteiger partial charge in [0.05, 0.1) is 23.6 Å². The number of rotatable bonds is 4. The Morgan fingerprint density at radius 3 is 2.80 bits per heavy atom. The van der Waals surface area contributed by atoms with Gasteiger partial charge in [-0.15, -0.1) is 0 Å². The maximum Gasteiger partial charge on any atom is 0.262 e. The molecule has 0 spiro atoms. The summed E-state index contributed by atoms with van der Waals surface area (Å²) >= 11 is 0. The maximum absolute atomic E-state index is 12.8. The van der Waals surface area contributed by atoms with Crippen LogP contribution >= 0.6 is 0 Å². The third-order valence-electron chi connectivity index (χ3n) is 6.54. The molecule has 3 aromatic rings. The van der Waals surface area contributed by atoms with E-state index in [0.29, 0.717) is 17.0 Å². The number of aromatic amines is 1. The first-order valence-corrected chi connectivity index (χ1v) is 10.8. The van der Waals surface area contributed by atoms with Gasteiger partial charge in [0.1, 0.15) is 11.2 Å². The number of fused-ring (bicyclic) bond motifs is 1. The quantitative estimate of drug-likeness (QED) is 0.703. The predicted molar refractivity (Wildman–Crippen MR) is 112 cm³/mol. The lowest BCUT2D eigenvalue weighted by Gasteiger charge is -2.23. The van der Waals surface area contributed by atoms with Crippen LogP contribution in [0.25, 0.3) is 11.0 Å². The van der Waals surface area contributed by atoms with E-state index in [2.05, 4.69) is 33.1 Å². The summed E-state index contributed by atoms with van der Waals surface area (Å²) in [7, 11) is 1.99. The van der Waals surface area contributed by atoms with E-state index in [9.17, 15) is 4.79 Å². The summed E-state index contributed by atoms with van der Waals surface area (Å²) in [5.41, 5.74) is 2.85. The Morgan fingerprint density at radius 1 is 1.27 bits per heavy atom. The molecule has 160 valence electrons. The summed E-state index contributed by atoms with van der Waals surface area (Å²) < 4.78 is 9.37. The van der Waals surface area contributed by atoms with Crippen molar-refractivity contribution in [1.82, 2.24) is 34.4 Å². The lowest BCUT2D eigenvalue weighted by Crippen LogP contribution is -2.23. The van der Waals surface area contributed by atoms with Gasteiger partial charge in [0, 0.05) is 45.8 Å². The van der Waals surface area contributed by atoms with Gasteiger partial charge in [-0.05, 0) is 31.7 Å². The number of likely N-dealkylation sites (tertiary alicyclic amines) is 1. The lowest BCUT2D eigenvalue weighted by atomic mass is 9.97. The number of hydrogen-bond donors (Lipinski definition) is 1. The first kappa shape index (κ1) is 19.4. The fourth-order valence-electron chi connectivity index (χ4n) is 4.92. The van der Waals surface area contributed by atoms with Gasteiger partial charge in [0.2, 0.25) is 0 Å². The van der Waals surface area contributed by atoms with E-state index in [1.165, 1.54) is 5.69 Å². The van der Waals surface area contributed by atoms with Crippen LogP contribution in [0.3, 0.4) is 0 Å². The Labute approximate surface area is 175 Å². The minimum Gasteiger partial charge on any atom is -0.381 e. The molecule has 0 aromatic carbocycles. The molecule has 2 fully saturated rings. The largest absolute Gasteiger partial charge is 0.381 e. The highest BCUT2D eigenvalue weighted by Crippen LogP contribution is 2.32.